The molecule has 4 rings (SSSR count). The summed E-state index contributed by atoms with van der Waals surface area (Å²) in [5.41, 5.74) is 3.50. The maximum atomic E-state index is 12.7. The SMILES string of the molecule is Cc1cc(C(=O)COc2cccc(-n3cnnn3)c2)c(C)n1C[C@@H]1CCCO1. The lowest BCUT2D eigenvalue weighted by Gasteiger charge is -2.14. The van der Waals surface area contributed by atoms with Crippen LogP contribution in [-0.2, 0) is 11.3 Å². The summed E-state index contributed by atoms with van der Waals surface area (Å²) in [6, 6.07) is 9.24. The van der Waals surface area contributed by atoms with E-state index in [-0.39, 0.29) is 18.5 Å². The molecule has 1 aromatic carbocycles. The van der Waals surface area contributed by atoms with Gasteiger partial charge in [0.25, 0.3) is 0 Å². The van der Waals surface area contributed by atoms with Crippen LogP contribution in [0, 0.1) is 13.8 Å². The van der Waals surface area contributed by atoms with Crippen molar-refractivity contribution in [3.05, 3.63) is 53.6 Å². The molecule has 0 aliphatic carbocycles. The van der Waals surface area contributed by atoms with E-state index in [0.717, 1.165) is 43.1 Å². The van der Waals surface area contributed by atoms with Gasteiger partial charge in [0.05, 0.1) is 11.8 Å². The highest BCUT2D eigenvalue weighted by Gasteiger charge is 2.21. The number of benzene rings is 1. The first-order chi connectivity index (χ1) is 13.6. The highest BCUT2D eigenvalue weighted by atomic mass is 16.5. The van der Waals surface area contributed by atoms with Gasteiger partial charge in [-0.1, -0.05) is 6.07 Å². The molecule has 1 atom stereocenters. The number of aromatic nitrogens is 5. The maximum Gasteiger partial charge on any atom is 0.202 e. The van der Waals surface area contributed by atoms with Crippen molar-refractivity contribution in [2.75, 3.05) is 13.2 Å². The molecule has 1 aliphatic rings. The van der Waals surface area contributed by atoms with Crippen LogP contribution in [0.2, 0.25) is 0 Å². The summed E-state index contributed by atoms with van der Waals surface area (Å²) >= 11 is 0. The Morgan fingerprint density at radius 3 is 2.96 bits per heavy atom. The number of ether oxygens (including phenoxy) is 2. The Morgan fingerprint density at radius 1 is 1.32 bits per heavy atom. The Balaban J connectivity index is 1.43. The maximum absolute atomic E-state index is 12.7. The first kappa shape index (κ1) is 18.4. The van der Waals surface area contributed by atoms with Crippen LogP contribution in [0.15, 0.2) is 36.7 Å². The average Bonchev–Trinajstić information content (AvgIpc) is 3.45. The van der Waals surface area contributed by atoms with Gasteiger partial charge in [-0.05, 0) is 55.3 Å². The van der Waals surface area contributed by atoms with E-state index < -0.39 is 0 Å². The second-order valence-electron chi connectivity index (χ2n) is 6.99. The zero-order chi connectivity index (χ0) is 19.5. The molecule has 0 N–H and O–H groups in total. The zero-order valence-electron chi connectivity index (χ0n) is 16.0. The van der Waals surface area contributed by atoms with Crippen molar-refractivity contribution in [1.29, 1.82) is 0 Å². The van der Waals surface area contributed by atoms with E-state index in [2.05, 4.69) is 20.1 Å². The predicted octanol–water partition coefficient (Wildman–Crippen LogP) is 2.52. The van der Waals surface area contributed by atoms with Gasteiger partial charge >= 0.3 is 0 Å². The number of carbonyl (C=O) groups excluding carboxylic acids is 1. The topological polar surface area (TPSA) is 84.1 Å². The standard InChI is InChI=1S/C20H23N5O3/c1-14-9-19(15(2)24(14)11-18-7-4-8-27-18)20(26)12-28-17-6-3-5-16(10-17)25-13-21-22-23-25/h3,5-6,9-10,13,18H,4,7-8,11-12H2,1-2H3/t18-/m0/s1. The van der Waals surface area contributed by atoms with E-state index in [4.69, 9.17) is 9.47 Å². The first-order valence-corrected chi connectivity index (χ1v) is 9.39. The van der Waals surface area contributed by atoms with Crippen LogP contribution < -0.4 is 4.74 Å². The third-order valence-electron chi connectivity index (χ3n) is 5.09. The largest absolute Gasteiger partial charge is 0.485 e. The lowest BCUT2D eigenvalue weighted by Crippen LogP contribution is -2.18. The highest BCUT2D eigenvalue weighted by molar-refractivity contribution is 5.98. The molecule has 8 nitrogen and oxygen atoms in total. The fourth-order valence-electron chi connectivity index (χ4n) is 3.58. The van der Waals surface area contributed by atoms with Gasteiger partial charge in [-0.25, -0.2) is 4.68 Å². The van der Waals surface area contributed by atoms with Gasteiger partial charge in [-0.15, -0.1) is 5.10 Å². The number of hydrogen-bond donors (Lipinski definition) is 0. The number of hydrogen-bond acceptors (Lipinski definition) is 6. The molecule has 3 aromatic rings. The van der Waals surface area contributed by atoms with Crippen molar-refractivity contribution in [2.24, 2.45) is 0 Å². The normalized spacial score (nSPS) is 16.4. The third kappa shape index (κ3) is 3.82. The quantitative estimate of drug-likeness (QED) is 0.585. The molecule has 0 saturated carbocycles. The van der Waals surface area contributed by atoms with Gasteiger partial charge in [0.2, 0.25) is 5.78 Å². The molecule has 1 fully saturated rings. The molecule has 2 aromatic heterocycles. The molecule has 8 heteroatoms. The minimum Gasteiger partial charge on any atom is -0.485 e. The van der Waals surface area contributed by atoms with E-state index in [1.165, 1.54) is 11.0 Å². The molecule has 0 radical (unpaired) electrons. The van der Waals surface area contributed by atoms with E-state index in [0.29, 0.717) is 11.3 Å². The Labute approximate surface area is 163 Å². The zero-order valence-corrected chi connectivity index (χ0v) is 16.0. The fourth-order valence-corrected chi connectivity index (χ4v) is 3.58. The first-order valence-electron chi connectivity index (χ1n) is 9.39. The van der Waals surface area contributed by atoms with Crippen LogP contribution in [0.25, 0.3) is 5.69 Å². The molecule has 0 amide bonds. The molecule has 0 bridgehead atoms. The van der Waals surface area contributed by atoms with Crippen molar-refractivity contribution in [3.63, 3.8) is 0 Å². The minimum absolute atomic E-state index is 0.0245. The molecular formula is C20H23N5O3. The number of ketones is 1. The lowest BCUT2D eigenvalue weighted by atomic mass is 10.1. The van der Waals surface area contributed by atoms with E-state index in [1.807, 2.05) is 38.1 Å². The van der Waals surface area contributed by atoms with Crippen LogP contribution in [0.1, 0.15) is 34.6 Å². The molecule has 146 valence electrons. The molecule has 1 saturated heterocycles. The molecule has 1 aliphatic heterocycles. The number of rotatable bonds is 7. The van der Waals surface area contributed by atoms with Gasteiger partial charge in [-0.2, -0.15) is 0 Å². The van der Waals surface area contributed by atoms with Crippen LogP contribution in [0.3, 0.4) is 0 Å². The number of Topliss-reactive ketones (excluding diaryl/α,β-unsaturated/α-hetero) is 1. The summed E-state index contributed by atoms with van der Waals surface area (Å²) in [4.78, 5) is 12.7. The minimum atomic E-state index is -0.0421. The van der Waals surface area contributed by atoms with Crippen molar-refractivity contribution in [1.82, 2.24) is 24.8 Å². The van der Waals surface area contributed by atoms with E-state index in [9.17, 15) is 4.79 Å². The summed E-state index contributed by atoms with van der Waals surface area (Å²) in [5, 5.41) is 11.1. The van der Waals surface area contributed by atoms with Crippen LogP contribution in [0.5, 0.6) is 5.75 Å². The summed E-state index contributed by atoms with van der Waals surface area (Å²) in [6.07, 6.45) is 3.92. The van der Waals surface area contributed by atoms with Gasteiger partial charge < -0.3 is 14.0 Å². The predicted molar refractivity (Wildman–Crippen MR) is 102 cm³/mol. The van der Waals surface area contributed by atoms with Crippen molar-refractivity contribution < 1.29 is 14.3 Å². The summed E-state index contributed by atoms with van der Waals surface area (Å²) in [5.74, 6) is 0.550. The Morgan fingerprint density at radius 2 is 2.21 bits per heavy atom. The van der Waals surface area contributed by atoms with Crippen molar-refractivity contribution >= 4 is 5.78 Å². The fraction of sp³-hybridized carbons (Fsp3) is 0.400. The number of tetrazole rings is 1. The monoisotopic (exact) mass is 381 g/mol. The summed E-state index contributed by atoms with van der Waals surface area (Å²) in [6.45, 7) is 5.60. The Hall–Kier alpha value is -3.00. The number of nitrogens with zero attached hydrogens (tertiary/aromatic N) is 5. The van der Waals surface area contributed by atoms with Crippen LogP contribution in [0.4, 0.5) is 0 Å². The van der Waals surface area contributed by atoms with Crippen molar-refractivity contribution in [2.45, 2.75) is 39.3 Å². The van der Waals surface area contributed by atoms with Crippen LogP contribution >= 0.6 is 0 Å². The number of carbonyl (C=O) groups is 1. The average molecular weight is 381 g/mol. The van der Waals surface area contributed by atoms with Gasteiger partial charge in [0.15, 0.2) is 6.61 Å². The van der Waals surface area contributed by atoms with Crippen molar-refractivity contribution in [3.8, 4) is 11.4 Å². The molecule has 0 spiro atoms. The molecule has 28 heavy (non-hydrogen) atoms. The lowest BCUT2D eigenvalue weighted by molar-refractivity contribution is 0.0914. The van der Waals surface area contributed by atoms with Gasteiger partial charge in [-0.3, -0.25) is 4.79 Å². The molecular weight excluding hydrogens is 358 g/mol. The highest BCUT2D eigenvalue weighted by Crippen LogP contribution is 2.21. The van der Waals surface area contributed by atoms with E-state index >= 15 is 0 Å². The van der Waals surface area contributed by atoms with Gasteiger partial charge in [0, 0.05) is 36.2 Å². The molecule has 0 unspecified atom stereocenters. The third-order valence-corrected chi connectivity index (χ3v) is 5.09. The van der Waals surface area contributed by atoms with Crippen LogP contribution in [-0.4, -0.2) is 49.9 Å². The summed E-state index contributed by atoms with van der Waals surface area (Å²) < 4.78 is 15.2. The smallest absolute Gasteiger partial charge is 0.202 e. The summed E-state index contributed by atoms with van der Waals surface area (Å²) in [7, 11) is 0. The number of aryl methyl sites for hydroxylation is 1. The Bertz CT molecular complexity index is 958. The van der Waals surface area contributed by atoms with Gasteiger partial charge in [0.1, 0.15) is 12.1 Å². The Kier molecular flexibility index (Phi) is 5.21. The van der Waals surface area contributed by atoms with E-state index in [1.54, 1.807) is 6.07 Å². The molecule has 3 heterocycles. The second-order valence-corrected chi connectivity index (χ2v) is 6.99. The second kappa shape index (κ2) is 7.93.